The third-order valence-corrected chi connectivity index (χ3v) is 2.85. The van der Waals surface area contributed by atoms with Crippen LogP contribution in [-0.4, -0.2) is 30.2 Å². The van der Waals surface area contributed by atoms with Crippen LogP contribution in [0.2, 0.25) is 0 Å². The molecule has 0 aliphatic heterocycles. The second kappa shape index (κ2) is 5.61. The second-order valence-electron chi connectivity index (χ2n) is 4.58. The standard InChI is InChI=1S/C15H16N2O3/c1-10-13(15(18)19)7-8-14(16-10)20-12-6-4-5-11(9-12)17(2)3/h4-9H,1-3H3,(H,18,19). The Bertz CT molecular complexity index is 639. The maximum atomic E-state index is 10.9. The highest BCUT2D eigenvalue weighted by Crippen LogP contribution is 2.24. The molecule has 2 rings (SSSR count). The number of aryl methyl sites for hydroxylation is 1. The number of aromatic carboxylic acids is 1. The molecule has 0 unspecified atom stereocenters. The Balaban J connectivity index is 2.24. The Hall–Kier alpha value is -2.56. The monoisotopic (exact) mass is 272 g/mol. The first-order chi connectivity index (χ1) is 9.47. The first-order valence-electron chi connectivity index (χ1n) is 6.13. The third kappa shape index (κ3) is 3.06. The predicted octanol–water partition coefficient (Wildman–Crippen LogP) is 2.95. The van der Waals surface area contributed by atoms with Gasteiger partial charge in [0.25, 0.3) is 0 Å². The van der Waals surface area contributed by atoms with E-state index in [2.05, 4.69) is 4.98 Å². The van der Waals surface area contributed by atoms with Crippen molar-refractivity contribution in [3.8, 4) is 11.6 Å². The minimum Gasteiger partial charge on any atom is -0.478 e. The first kappa shape index (κ1) is 13.9. The molecule has 0 saturated carbocycles. The summed E-state index contributed by atoms with van der Waals surface area (Å²) in [5.41, 5.74) is 1.62. The summed E-state index contributed by atoms with van der Waals surface area (Å²) in [7, 11) is 3.90. The van der Waals surface area contributed by atoms with Gasteiger partial charge in [-0.05, 0) is 25.1 Å². The molecule has 5 nitrogen and oxygen atoms in total. The molecule has 1 heterocycles. The highest BCUT2D eigenvalue weighted by atomic mass is 16.5. The van der Waals surface area contributed by atoms with Crippen molar-refractivity contribution in [3.05, 3.63) is 47.7 Å². The quantitative estimate of drug-likeness (QED) is 0.927. The van der Waals surface area contributed by atoms with Gasteiger partial charge in [-0.15, -0.1) is 0 Å². The Kier molecular flexibility index (Phi) is 3.89. The summed E-state index contributed by atoms with van der Waals surface area (Å²) in [6, 6.07) is 10.6. The molecular weight excluding hydrogens is 256 g/mol. The number of pyridine rings is 1. The zero-order valence-corrected chi connectivity index (χ0v) is 11.6. The van der Waals surface area contributed by atoms with Gasteiger partial charge in [-0.25, -0.2) is 9.78 Å². The van der Waals surface area contributed by atoms with Crippen LogP contribution in [0.1, 0.15) is 16.1 Å². The van der Waals surface area contributed by atoms with E-state index >= 15 is 0 Å². The second-order valence-corrected chi connectivity index (χ2v) is 4.58. The van der Waals surface area contributed by atoms with Gasteiger partial charge in [0.2, 0.25) is 5.88 Å². The van der Waals surface area contributed by atoms with Crippen LogP contribution in [-0.2, 0) is 0 Å². The van der Waals surface area contributed by atoms with E-state index in [-0.39, 0.29) is 5.56 Å². The summed E-state index contributed by atoms with van der Waals surface area (Å²) in [6.07, 6.45) is 0. The number of aromatic nitrogens is 1. The summed E-state index contributed by atoms with van der Waals surface area (Å²) in [4.78, 5) is 17.0. The molecule has 104 valence electrons. The van der Waals surface area contributed by atoms with Gasteiger partial charge in [-0.3, -0.25) is 0 Å². The van der Waals surface area contributed by atoms with Gasteiger partial charge in [0.1, 0.15) is 5.75 Å². The van der Waals surface area contributed by atoms with E-state index in [1.807, 2.05) is 43.3 Å². The minimum absolute atomic E-state index is 0.180. The number of hydrogen-bond donors (Lipinski definition) is 1. The zero-order valence-electron chi connectivity index (χ0n) is 11.6. The van der Waals surface area contributed by atoms with Crippen LogP contribution in [0, 0.1) is 6.92 Å². The molecule has 1 aromatic carbocycles. The van der Waals surface area contributed by atoms with Crippen LogP contribution < -0.4 is 9.64 Å². The molecule has 0 fully saturated rings. The summed E-state index contributed by atoms with van der Waals surface area (Å²) >= 11 is 0. The maximum absolute atomic E-state index is 10.9. The van der Waals surface area contributed by atoms with Crippen molar-refractivity contribution in [2.45, 2.75) is 6.92 Å². The smallest absolute Gasteiger partial charge is 0.337 e. The largest absolute Gasteiger partial charge is 0.478 e. The molecule has 2 aromatic rings. The van der Waals surface area contributed by atoms with Crippen molar-refractivity contribution in [3.63, 3.8) is 0 Å². The van der Waals surface area contributed by atoms with Gasteiger partial charge in [-0.2, -0.15) is 0 Å². The highest BCUT2D eigenvalue weighted by Gasteiger charge is 2.09. The normalized spacial score (nSPS) is 10.2. The lowest BCUT2D eigenvalue weighted by Crippen LogP contribution is -2.08. The number of benzene rings is 1. The van der Waals surface area contributed by atoms with E-state index in [1.165, 1.54) is 6.07 Å². The lowest BCUT2D eigenvalue weighted by atomic mass is 10.2. The average Bonchev–Trinajstić information content (AvgIpc) is 2.38. The van der Waals surface area contributed by atoms with Gasteiger partial charge in [-0.1, -0.05) is 6.07 Å². The number of rotatable bonds is 4. The number of anilines is 1. The molecule has 1 N–H and O–H groups in total. The minimum atomic E-state index is -0.990. The van der Waals surface area contributed by atoms with Crippen LogP contribution in [0.15, 0.2) is 36.4 Å². The summed E-state index contributed by atoms with van der Waals surface area (Å²) in [5, 5.41) is 8.96. The number of ether oxygens (including phenoxy) is 1. The average molecular weight is 272 g/mol. The number of nitrogens with zero attached hydrogens (tertiary/aromatic N) is 2. The van der Waals surface area contributed by atoms with Crippen LogP contribution in [0.4, 0.5) is 5.69 Å². The Labute approximate surface area is 117 Å². The first-order valence-corrected chi connectivity index (χ1v) is 6.13. The summed E-state index contributed by atoms with van der Waals surface area (Å²) < 4.78 is 5.65. The topological polar surface area (TPSA) is 62.7 Å². The molecule has 1 aromatic heterocycles. The van der Waals surface area contributed by atoms with Crippen molar-refractivity contribution >= 4 is 11.7 Å². The molecule has 0 radical (unpaired) electrons. The van der Waals surface area contributed by atoms with Gasteiger partial charge >= 0.3 is 5.97 Å². The van der Waals surface area contributed by atoms with Crippen molar-refractivity contribution in [1.29, 1.82) is 0 Å². The molecule has 20 heavy (non-hydrogen) atoms. The van der Waals surface area contributed by atoms with Crippen LogP contribution in [0.3, 0.4) is 0 Å². The lowest BCUT2D eigenvalue weighted by Gasteiger charge is -2.13. The fraction of sp³-hybridized carbons (Fsp3) is 0.200. The lowest BCUT2D eigenvalue weighted by molar-refractivity contribution is 0.0695. The van der Waals surface area contributed by atoms with Gasteiger partial charge in [0, 0.05) is 31.9 Å². The van der Waals surface area contributed by atoms with E-state index in [1.54, 1.807) is 13.0 Å². The van der Waals surface area contributed by atoms with Crippen LogP contribution in [0.5, 0.6) is 11.6 Å². The van der Waals surface area contributed by atoms with E-state index in [9.17, 15) is 4.79 Å². The molecular formula is C15H16N2O3. The maximum Gasteiger partial charge on any atom is 0.337 e. The highest BCUT2D eigenvalue weighted by molar-refractivity contribution is 5.88. The number of carboxylic acids is 1. The van der Waals surface area contributed by atoms with Gasteiger partial charge in [0.15, 0.2) is 0 Å². The molecule has 0 atom stereocenters. The van der Waals surface area contributed by atoms with Gasteiger partial charge < -0.3 is 14.7 Å². The van der Waals surface area contributed by atoms with E-state index in [0.717, 1.165) is 5.69 Å². The van der Waals surface area contributed by atoms with E-state index < -0.39 is 5.97 Å². The molecule has 5 heteroatoms. The number of carbonyl (C=O) groups is 1. The van der Waals surface area contributed by atoms with Gasteiger partial charge in [0.05, 0.1) is 11.3 Å². The Morgan fingerprint density at radius 3 is 2.60 bits per heavy atom. The third-order valence-electron chi connectivity index (χ3n) is 2.85. The molecule has 0 spiro atoms. The van der Waals surface area contributed by atoms with E-state index in [4.69, 9.17) is 9.84 Å². The molecule has 0 aliphatic carbocycles. The van der Waals surface area contributed by atoms with Crippen molar-refractivity contribution in [2.24, 2.45) is 0 Å². The Morgan fingerprint density at radius 1 is 1.25 bits per heavy atom. The number of carboxylic acid groups (broad SMARTS) is 1. The molecule has 0 aliphatic rings. The fourth-order valence-electron chi connectivity index (χ4n) is 1.77. The fourth-order valence-corrected chi connectivity index (χ4v) is 1.77. The molecule has 0 amide bonds. The van der Waals surface area contributed by atoms with E-state index in [0.29, 0.717) is 17.3 Å². The Morgan fingerprint density at radius 2 is 2.00 bits per heavy atom. The SMILES string of the molecule is Cc1nc(Oc2cccc(N(C)C)c2)ccc1C(=O)O. The predicted molar refractivity (Wildman–Crippen MR) is 76.8 cm³/mol. The van der Waals surface area contributed by atoms with Crippen molar-refractivity contribution in [1.82, 2.24) is 4.98 Å². The number of hydrogen-bond acceptors (Lipinski definition) is 4. The van der Waals surface area contributed by atoms with Crippen molar-refractivity contribution in [2.75, 3.05) is 19.0 Å². The van der Waals surface area contributed by atoms with Crippen LogP contribution in [0.25, 0.3) is 0 Å². The van der Waals surface area contributed by atoms with Crippen molar-refractivity contribution < 1.29 is 14.6 Å². The molecule has 0 bridgehead atoms. The summed E-state index contributed by atoms with van der Waals surface area (Å²) in [5.74, 6) is 0.0470. The summed E-state index contributed by atoms with van der Waals surface area (Å²) in [6.45, 7) is 1.65. The zero-order chi connectivity index (χ0) is 14.7. The molecule has 0 saturated heterocycles. The van der Waals surface area contributed by atoms with Crippen LogP contribution >= 0.6 is 0 Å².